The van der Waals surface area contributed by atoms with E-state index >= 15 is 0 Å². The van der Waals surface area contributed by atoms with E-state index in [9.17, 15) is 4.79 Å². The van der Waals surface area contributed by atoms with Crippen molar-refractivity contribution in [3.05, 3.63) is 12.2 Å². The fourth-order valence-electron chi connectivity index (χ4n) is 2.81. The van der Waals surface area contributed by atoms with Crippen molar-refractivity contribution >= 4 is 5.97 Å². The largest absolute Gasteiger partial charge is 0.466 e. The summed E-state index contributed by atoms with van der Waals surface area (Å²) in [7, 11) is 0. The Labute approximate surface area is 156 Å². The van der Waals surface area contributed by atoms with E-state index in [1.54, 1.807) is 0 Å². The molecule has 0 aromatic heterocycles. The summed E-state index contributed by atoms with van der Waals surface area (Å²) in [6.45, 7) is 2.88. The minimum Gasteiger partial charge on any atom is -0.466 e. The molecule has 0 aromatic rings. The quantitative estimate of drug-likeness (QED) is 0.167. The van der Waals surface area contributed by atoms with Gasteiger partial charge in [0.25, 0.3) is 0 Å². The van der Waals surface area contributed by atoms with Crippen molar-refractivity contribution in [1.82, 2.24) is 0 Å². The number of aliphatic hydroxyl groups excluding tert-OH is 1. The Morgan fingerprint density at radius 3 is 1.92 bits per heavy atom. The molecule has 0 bridgehead atoms. The maximum absolute atomic E-state index is 11.4. The summed E-state index contributed by atoms with van der Waals surface area (Å²) in [5.74, 6) is -0.0874. The average molecular weight is 355 g/mol. The fraction of sp³-hybridized carbons (Fsp3) is 0.864. The fourth-order valence-corrected chi connectivity index (χ4v) is 2.81. The Hall–Kier alpha value is -0.830. The number of carbonyl (C=O) groups is 1. The predicted octanol–water partition coefficient (Wildman–Crippen LogP) is 6.34. The topological polar surface area (TPSA) is 46.5 Å². The third kappa shape index (κ3) is 21.1. The molecule has 0 aliphatic heterocycles. The zero-order valence-corrected chi connectivity index (χ0v) is 16.6. The Morgan fingerprint density at radius 1 is 0.760 bits per heavy atom. The lowest BCUT2D eigenvalue weighted by molar-refractivity contribution is -0.143. The molecular weight excluding hydrogens is 312 g/mol. The smallest absolute Gasteiger partial charge is 0.305 e. The van der Waals surface area contributed by atoms with Crippen molar-refractivity contribution in [3.63, 3.8) is 0 Å². The molecule has 148 valence electrons. The number of rotatable bonds is 19. The first-order chi connectivity index (χ1) is 12.3. The van der Waals surface area contributed by atoms with Crippen LogP contribution in [-0.2, 0) is 9.53 Å². The molecule has 0 aliphatic carbocycles. The molecule has 3 heteroatoms. The highest BCUT2D eigenvalue weighted by Crippen LogP contribution is 2.10. The van der Waals surface area contributed by atoms with Crippen molar-refractivity contribution in [2.75, 3.05) is 13.2 Å². The number of unbranched alkanes of at least 4 members (excludes halogenated alkanes) is 12. The van der Waals surface area contributed by atoms with Crippen LogP contribution in [0, 0.1) is 0 Å². The predicted molar refractivity (Wildman–Crippen MR) is 107 cm³/mol. The van der Waals surface area contributed by atoms with Gasteiger partial charge in [0, 0.05) is 13.0 Å². The van der Waals surface area contributed by atoms with Gasteiger partial charge in [-0.25, -0.2) is 0 Å². The van der Waals surface area contributed by atoms with E-state index in [2.05, 4.69) is 19.1 Å². The standard InChI is InChI=1S/C22H42O3/c1-2-3-4-5-6-7-8-9-10-11-12-13-14-15-16-19-22(24)25-21-18-17-20-23/h9-10,23H,2-8,11-21H2,1H3. The van der Waals surface area contributed by atoms with Gasteiger partial charge in [-0.3, -0.25) is 4.79 Å². The monoisotopic (exact) mass is 354 g/mol. The van der Waals surface area contributed by atoms with Crippen LogP contribution in [0.5, 0.6) is 0 Å². The van der Waals surface area contributed by atoms with Crippen molar-refractivity contribution in [3.8, 4) is 0 Å². The molecule has 1 N–H and O–H groups in total. The summed E-state index contributed by atoms with van der Waals surface area (Å²) < 4.78 is 5.10. The second-order valence-corrected chi connectivity index (χ2v) is 6.99. The van der Waals surface area contributed by atoms with E-state index in [1.807, 2.05) is 0 Å². The van der Waals surface area contributed by atoms with Crippen LogP contribution in [0.3, 0.4) is 0 Å². The van der Waals surface area contributed by atoms with E-state index in [0.717, 1.165) is 19.3 Å². The zero-order chi connectivity index (χ0) is 18.4. The first kappa shape index (κ1) is 24.2. The summed E-state index contributed by atoms with van der Waals surface area (Å²) in [6.07, 6.45) is 23.2. The van der Waals surface area contributed by atoms with Crippen LogP contribution in [0.4, 0.5) is 0 Å². The van der Waals surface area contributed by atoms with Crippen LogP contribution in [-0.4, -0.2) is 24.3 Å². The minimum absolute atomic E-state index is 0.0874. The normalized spacial score (nSPS) is 11.3. The second kappa shape index (κ2) is 21.2. The van der Waals surface area contributed by atoms with Gasteiger partial charge in [0.15, 0.2) is 0 Å². The molecular formula is C22H42O3. The van der Waals surface area contributed by atoms with Crippen LogP contribution in [0.15, 0.2) is 12.2 Å². The summed E-state index contributed by atoms with van der Waals surface area (Å²) >= 11 is 0. The number of hydrogen-bond acceptors (Lipinski definition) is 3. The first-order valence-electron chi connectivity index (χ1n) is 10.7. The van der Waals surface area contributed by atoms with Crippen molar-refractivity contribution in [1.29, 1.82) is 0 Å². The van der Waals surface area contributed by atoms with Crippen molar-refractivity contribution in [2.24, 2.45) is 0 Å². The SMILES string of the molecule is CCCCCCCCC=CCCCCCCCC(=O)OCCCCO. The lowest BCUT2D eigenvalue weighted by Crippen LogP contribution is -2.06. The zero-order valence-electron chi connectivity index (χ0n) is 16.6. The second-order valence-electron chi connectivity index (χ2n) is 6.99. The maximum atomic E-state index is 11.4. The minimum atomic E-state index is -0.0874. The number of allylic oxidation sites excluding steroid dienone is 2. The Bertz CT molecular complexity index is 300. The summed E-state index contributed by atoms with van der Waals surface area (Å²) in [5, 5.41) is 8.64. The molecule has 0 amide bonds. The third-order valence-corrected chi connectivity index (χ3v) is 4.46. The van der Waals surface area contributed by atoms with E-state index in [0.29, 0.717) is 19.4 Å². The van der Waals surface area contributed by atoms with Crippen molar-refractivity contribution < 1.29 is 14.6 Å². The highest BCUT2D eigenvalue weighted by molar-refractivity contribution is 5.69. The molecule has 0 fully saturated rings. The lowest BCUT2D eigenvalue weighted by atomic mass is 10.1. The maximum Gasteiger partial charge on any atom is 0.305 e. The number of esters is 1. The van der Waals surface area contributed by atoms with Gasteiger partial charge in [0.2, 0.25) is 0 Å². The van der Waals surface area contributed by atoms with E-state index < -0.39 is 0 Å². The van der Waals surface area contributed by atoms with Crippen molar-refractivity contribution in [2.45, 2.75) is 110 Å². The summed E-state index contributed by atoms with van der Waals surface area (Å²) in [5.41, 5.74) is 0. The molecule has 0 saturated carbocycles. The van der Waals surface area contributed by atoms with Gasteiger partial charge in [0.05, 0.1) is 6.61 Å². The molecule has 0 spiro atoms. The Kier molecular flexibility index (Phi) is 20.5. The summed E-state index contributed by atoms with van der Waals surface area (Å²) in [4.78, 5) is 11.4. The summed E-state index contributed by atoms with van der Waals surface area (Å²) in [6, 6.07) is 0. The number of hydrogen-bond donors (Lipinski definition) is 1. The van der Waals surface area contributed by atoms with Gasteiger partial charge < -0.3 is 9.84 Å². The molecule has 0 unspecified atom stereocenters. The highest BCUT2D eigenvalue weighted by Gasteiger charge is 2.01. The van der Waals surface area contributed by atoms with Crippen LogP contribution < -0.4 is 0 Å². The number of aliphatic hydroxyl groups is 1. The van der Waals surface area contributed by atoms with Crippen LogP contribution in [0.2, 0.25) is 0 Å². The van der Waals surface area contributed by atoms with E-state index in [-0.39, 0.29) is 12.6 Å². The molecule has 0 aliphatic rings. The molecule has 0 rings (SSSR count). The van der Waals surface area contributed by atoms with Crippen LogP contribution in [0.1, 0.15) is 110 Å². The van der Waals surface area contributed by atoms with Crippen LogP contribution >= 0.6 is 0 Å². The van der Waals surface area contributed by atoms with E-state index in [4.69, 9.17) is 9.84 Å². The molecule has 0 heterocycles. The molecule has 0 atom stereocenters. The Morgan fingerprint density at radius 2 is 1.32 bits per heavy atom. The van der Waals surface area contributed by atoms with Gasteiger partial charge in [-0.15, -0.1) is 0 Å². The van der Waals surface area contributed by atoms with Gasteiger partial charge in [-0.2, -0.15) is 0 Å². The highest BCUT2D eigenvalue weighted by atomic mass is 16.5. The first-order valence-corrected chi connectivity index (χ1v) is 10.7. The molecule has 0 aromatic carbocycles. The molecule has 0 saturated heterocycles. The van der Waals surface area contributed by atoms with Crippen LogP contribution in [0.25, 0.3) is 0 Å². The molecule has 25 heavy (non-hydrogen) atoms. The Balaban J connectivity index is 3.17. The van der Waals surface area contributed by atoms with Gasteiger partial charge in [-0.05, 0) is 44.9 Å². The van der Waals surface area contributed by atoms with Gasteiger partial charge >= 0.3 is 5.97 Å². The molecule has 0 radical (unpaired) electrons. The van der Waals surface area contributed by atoms with Gasteiger partial charge in [-0.1, -0.05) is 70.4 Å². The van der Waals surface area contributed by atoms with Gasteiger partial charge in [0.1, 0.15) is 0 Å². The van der Waals surface area contributed by atoms with E-state index in [1.165, 1.54) is 70.6 Å². The molecule has 3 nitrogen and oxygen atoms in total. The lowest BCUT2D eigenvalue weighted by Gasteiger charge is -2.04. The number of ether oxygens (including phenoxy) is 1. The average Bonchev–Trinajstić information content (AvgIpc) is 2.62. The number of carbonyl (C=O) groups excluding carboxylic acids is 1. The third-order valence-electron chi connectivity index (χ3n) is 4.46.